The summed E-state index contributed by atoms with van der Waals surface area (Å²) >= 11 is 1.64. The van der Waals surface area contributed by atoms with Crippen LogP contribution in [0, 0.1) is 5.92 Å². The van der Waals surface area contributed by atoms with Gasteiger partial charge < -0.3 is 5.73 Å². The zero-order chi connectivity index (χ0) is 10.9. The Morgan fingerprint density at radius 1 is 1.60 bits per heavy atom. The highest BCUT2D eigenvalue weighted by atomic mass is 32.1. The first kappa shape index (κ1) is 10.7. The van der Waals surface area contributed by atoms with Gasteiger partial charge in [-0.25, -0.2) is 0 Å². The molecule has 0 spiro atoms. The van der Waals surface area contributed by atoms with Crippen molar-refractivity contribution in [2.24, 2.45) is 11.7 Å². The number of amides is 1. The molecule has 3 heteroatoms. The lowest BCUT2D eigenvalue weighted by molar-refractivity contribution is -0.126. The van der Waals surface area contributed by atoms with Crippen molar-refractivity contribution in [2.75, 3.05) is 0 Å². The lowest BCUT2D eigenvalue weighted by atomic mass is 9.63. The van der Waals surface area contributed by atoms with Gasteiger partial charge in [-0.05, 0) is 41.1 Å². The first-order valence-corrected chi connectivity index (χ1v) is 6.45. The average Bonchev–Trinajstić information content (AvgIpc) is 2.71. The molecule has 2 N–H and O–H groups in total. The second-order valence-corrected chi connectivity index (χ2v) is 5.27. The van der Waals surface area contributed by atoms with Crippen LogP contribution >= 0.6 is 11.3 Å². The third kappa shape index (κ3) is 1.59. The summed E-state index contributed by atoms with van der Waals surface area (Å²) in [6.45, 7) is 2.15. The van der Waals surface area contributed by atoms with E-state index < -0.39 is 5.41 Å². The molecule has 2 nitrogen and oxygen atoms in total. The van der Waals surface area contributed by atoms with Crippen LogP contribution in [0.1, 0.15) is 38.2 Å². The van der Waals surface area contributed by atoms with Crippen LogP contribution < -0.4 is 5.73 Å². The quantitative estimate of drug-likeness (QED) is 0.823. The molecule has 0 aromatic carbocycles. The minimum atomic E-state index is -0.391. The molecule has 1 heterocycles. The molecule has 2 atom stereocenters. The van der Waals surface area contributed by atoms with E-state index in [0.717, 1.165) is 24.8 Å². The fourth-order valence-corrected chi connectivity index (χ4v) is 3.54. The smallest absolute Gasteiger partial charge is 0.228 e. The fraction of sp³-hybridized carbons (Fsp3) is 0.583. The molecular formula is C12H17NOS. The monoisotopic (exact) mass is 223 g/mol. The van der Waals surface area contributed by atoms with Crippen LogP contribution in [-0.4, -0.2) is 5.91 Å². The molecule has 1 aromatic rings. The van der Waals surface area contributed by atoms with Crippen LogP contribution in [0.25, 0.3) is 0 Å². The Kier molecular flexibility index (Phi) is 2.83. The topological polar surface area (TPSA) is 43.1 Å². The highest BCUT2D eigenvalue weighted by Gasteiger charge is 2.44. The van der Waals surface area contributed by atoms with E-state index in [1.807, 2.05) is 5.38 Å². The number of thiophene rings is 1. The van der Waals surface area contributed by atoms with Gasteiger partial charge in [0.2, 0.25) is 5.91 Å². The Balaban J connectivity index is 2.43. The SMILES string of the molecule is CC1CCCCC1(C(N)=O)c1ccsc1. The molecular weight excluding hydrogens is 206 g/mol. The Hall–Kier alpha value is -0.830. The average molecular weight is 223 g/mol. The Morgan fingerprint density at radius 2 is 2.40 bits per heavy atom. The molecule has 1 aliphatic rings. The van der Waals surface area contributed by atoms with E-state index in [0.29, 0.717) is 5.92 Å². The van der Waals surface area contributed by atoms with Crippen LogP contribution in [0.2, 0.25) is 0 Å². The zero-order valence-corrected chi connectivity index (χ0v) is 9.85. The van der Waals surface area contributed by atoms with Crippen molar-refractivity contribution in [3.05, 3.63) is 22.4 Å². The van der Waals surface area contributed by atoms with Crippen molar-refractivity contribution in [1.29, 1.82) is 0 Å². The zero-order valence-electron chi connectivity index (χ0n) is 9.03. The number of primary amides is 1. The molecule has 2 rings (SSSR count). The summed E-state index contributed by atoms with van der Waals surface area (Å²) in [5, 5.41) is 4.11. The molecule has 1 amide bonds. The predicted molar refractivity (Wildman–Crippen MR) is 62.8 cm³/mol. The minimum absolute atomic E-state index is 0.145. The molecule has 1 aliphatic carbocycles. The van der Waals surface area contributed by atoms with Gasteiger partial charge in [-0.15, -0.1) is 0 Å². The molecule has 15 heavy (non-hydrogen) atoms. The third-order valence-electron chi connectivity index (χ3n) is 3.78. The number of nitrogens with two attached hydrogens (primary N) is 1. The maximum Gasteiger partial charge on any atom is 0.228 e. The molecule has 1 saturated carbocycles. The molecule has 0 radical (unpaired) electrons. The number of carbonyl (C=O) groups excluding carboxylic acids is 1. The van der Waals surface area contributed by atoms with Gasteiger partial charge in [0.15, 0.2) is 0 Å². The highest BCUT2D eigenvalue weighted by Crippen LogP contribution is 2.44. The number of hydrogen-bond donors (Lipinski definition) is 1. The minimum Gasteiger partial charge on any atom is -0.369 e. The molecule has 0 aliphatic heterocycles. The third-order valence-corrected chi connectivity index (χ3v) is 4.46. The van der Waals surface area contributed by atoms with E-state index >= 15 is 0 Å². The van der Waals surface area contributed by atoms with Crippen LogP contribution in [0.5, 0.6) is 0 Å². The lowest BCUT2D eigenvalue weighted by Crippen LogP contribution is -2.47. The van der Waals surface area contributed by atoms with E-state index in [1.165, 1.54) is 6.42 Å². The van der Waals surface area contributed by atoms with E-state index in [4.69, 9.17) is 5.73 Å². The summed E-state index contributed by atoms with van der Waals surface area (Å²) in [7, 11) is 0. The molecule has 82 valence electrons. The van der Waals surface area contributed by atoms with Crippen molar-refractivity contribution in [2.45, 2.75) is 38.0 Å². The van der Waals surface area contributed by atoms with E-state index in [1.54, 1.807) is 11.3 Å². The van der Waals surface area contributed by atoms with Crippen molar-refractivity contribution >= 4 is 17.2 Å². The van der Waals surface area contributed by atoms with Gasteiger partial charge in [-0.3, -0.25) is 4.79 Å². The van der Waals surface area contributed by atoms with Crippen molar-refractivity contribution < 1.29 is 4.79 Å². The highest BCUT2D eigenvalue weighted by molar-refractivity contribution is 7.08. The summed E-state index contributed by atoms with van der Waals surface area (Å²) < 4.78 is 0. The van der Waals surface area contributed by atoms with Gasteiger partial charge in [-0.2, -0.15) is 11.3 Å². The van der Waals surface area contributed by atoms with Crippen molar-refractivity contribution in [3.63, 3.8) is 0 Å². The number of hydrogen-bond acceptors (Lipinski definition) is 2. The van der Waals surface area contributed by atoms with Crippen molar-refractivity contribution in [1.82, 2.24) is 0 Å². The van der Waals surface area contributed by atoms with Crippen LogP contribution in [0.15, 0.2) is 16.8 Å². The molecule has 0 bridgehead atoms. The Bertz CT molecular complexity index is 347. The van der Waals surface area contributed by atoms with E-state index in [-0.39, 0.29) is 5.91 Å². The van der Waals surface area contributed by atoms with Gasteiger partial charge in [0.05, 0.1) is 5.41 Å². The van der Waals surface area contributed by atoms with Gasteiger partial charge in [0, 0.05) is 0 Å². The van der Waals surface area contributed by atoms with Gasteiger partial charge >= 0.3 is 0 Å². The lowest BCUT2D eigenvalue weighted by Gasteiger charge is -2.39. The summed E-state index contributed by atoms with van der Waals surface area (Å²) in [4.78, 5) is 11.8. The van der Waals surface area contributed by atoms with Crippen LogP contribution in [0.3, 0.4) is 0 Å². The Morgan fingerprint density at radius 3 is 2.93 bits per heavy atom. The normalized spacial score (nSPS) is 31.4. The summed E-state index contributed by atoms with van der Waals surface area (Å²) in [6.07, 6.45) is 4.36. The molecule has 2 unspecified atom stereocenters. The van der Waals surface area contributed by atoms with Gasteiger partial charge in [-0.1, -0.05) is 19.8 Å². The molecule has 0 saturated heterocycles. The second kappa shape index (κ2) is 3.97. The summed E-state index contributed by atoms with van der Waals surface area (Å²) in [5.74, 6) is 0.228. The second-order valence-electron chi connectivity index (χ2n) is 4.49. The number of rotatable bonds is 2. The first-order valence-electron chi connectivity index (χ1n) is 5.50. The van der Waals surface area contributed by atoms with Crippen LogP contribution in [-0.2, 0) is 10.2 Å². The fourth-order valence-electron chi connectivity index (χ4n) is 2.80. The van der Waals surface area contributed by atoms with Crippen LogP contribution in [0.4, 0.5) is 0 Å². The Labute approximate surface area is 94.5 Å². The molecule has 1 fully saturated rings. The van der Waals surface area contributed by atoms with E-state index in [2.05, 4.69) is 18.4 Å². The maximum absolute atomic E-state index is 11.8. The maximum atomic E-state index is 11.8. The van der Waals surface area contributed by atoms with Gasteiger partial charge in [0.1, 0.15) is 0 Å². The van der Waals surface area contributed by atoms with E-state index in [9.17, 15) is 4.79 Å². The largest absolute Gasteiger partial charge is 0.369 e. The first-order chi connectivity index (χ1) is 7.18. The standard InChI is InChI=1S/C12H17NOS/c1-9-4-2-3-6-12(9,11(13)14)10-5-7-15-8-10/h5,7-9H,2-4,6H2,1H3,(H2,13,14). The van der Waals surface area contributed by atoms with Crippen molar-refractivity contribution in [3.8, 4) is 0 Å². The summed E-state index contributed by atoms with van der Waals surface area (Å²) in [6, 6.07) is 2.05. The number of carbonyl (C=O) groups is 1. The summed E-state index contributed by atoms with van der Waals surface area (Å²) in [5.41, 5.74) is 6.39. The van der Waals surface area contributed by atoms with Gasteiger partial charge in [0.25, 0.3) is 0 Å². The molecule has 1 aromatic heterocycles. The predicted octanol–water partition coefficient (Wildman–Crippen LogP) is 2.68.